The van der Waals surface area contributed by atoms with E-state index >= 15 is 0 Å². The first kappa shape index (κ1) is 13.6. The molecule has 5 nitrogen and oxygen atoms in total. The number of rotatable bonds is 5. The van der Waals surface area contributed by atoms with E-state index in [1.54, 1.807) is 7.11 Å². The highest BCUT2D eigenvalue weighted by atomic mass is 16.5. The Balaban J connectivity index is 1.69. The van der Waals surface area contributed by atoms with Gasteiger partial charge in [0, 0.05) is 12.7 Å². The van der Waals surface area contributed by atoms with Crippen molar-refractivity contribution in [1.29, 1.82) is 0 Å². The zero-order chi connectivity index (χ0) is 14.7. The number of methoxy groups -OCH3 is 1. The van der Waals surface area contributed by atoms with Crippen LogP contribution in [0.5, 0.6) is 5.75 Å². The van der Waals surface area contributed by atoms with Crippen molar-refractivity contribution < 1.29 is 4.74 Å². The summed E-state index contributed by atoms with van der Waals surface area (Å²) >= 11 is 0. The molecule has 1 atom stereocenters. The van der Waals surface area contributed by atoms with Crippen molar-refractivity contribution in [2.24, 2.45) is 0 Å². The molecule has 0 aliphatic heterocycles. The predicted octanol–water partition coefficient (Wildman–Crippen LogP) is 2.59. The number of hydrogen-bond donors (Lipinski definition) is 1. The fourth-order valence-corrected chi connectivity index (χ4v) is 2.26. The Hall–Kier alpha value is -2.40. The maximum atomic E-state index is 5.16. The molecule has 0 spiro atoms. The van der Waals surface area contributed by atoms with Gasteiger partial charge in [-0.15, -0.1) is 10.2 Å². The highest BCUT2D eigenvalue weighted by Crippen LogP contribution is 2.14. The van der Waals surface area contributed by atoms with Gasteiger partial charge in [-0.25, -0.2) is 0 Å². The average Bonchev–Trinajstić information content (AvgIpc) is 2.97. The van der Waals surface area contributed by atoms with Crippen LogP contribution in [0.1, 0.15) is 24.4 Å². The monoisotopic (exact) mass is 282 g/mol. The van der Waals surface area contributed by atoms with Gasteiger partial charge in [-0.1, -0.05) is 18.2 Å². The second-order valence-corrected chi connectivity index (χ2v) is 4.94. The molecule has 0 bridgehead atoms. The normalized spacial score (nSPS) is 12.5. The summed E-state index contributed by atoms with van der Waals surface area (Å²) in [6.07, 6.45) is 1.98. The summed E-state index contributed by atoms with van der Waals surface area (Å²) in [5, 5.41) is 11.9. The van der Waals surface area contributed by atoms with Crippen LogP contribution in [0.2, 0.25) is 0 Å². The first-order valence-corrected chi connectivity index (χ1v) is 6.94. The first-order chi connectivity index (χ1) is 10.3. The van der Waals surface area contributed by atoms with Crippen molar-refractivity contribution in [2.75, 3.05) is 7.11 Å². The third kappa shape index (κ3) is 2.87. The number of pyridine rings is 1. The van der Waals surface area contributed by atoms with E-state index in [-0.39, 0.29) is 6.04 Å². The van der Waals surface area contributed by atoms with Crippen LogP contribution in [-0.2, 0) is 6.54 Å². The molecule has 21 heavy (non-hydrogen) atoms. The molecule has 1 N–H and O–H groups in total. The van der Waals surface area contributed by atoms with Gasteiger partial charge in [0.1, 0.15) is 5.75 Å². The molecule has 0 radical (unpaired) electrons. The van der Waals surface area contributed by atoms with E-state index in [1.807, 2.05) is 40.9 Å². The summed E-state index contributed by atoms with van der Waals surface area (Å²) in [5.74, 6) is 1.79. The maximum absolute atomic E-state index is 5.16. The fraction of sp³-hybridized carbons (Fsp3) is 0.250. The van der Waals surface area contributed by atoms with Gasteiger partial charge in [-0.3, -0.25) is 4.40 Å². The minimum Gasteiger partial charge on any atom is -0.497 e. The molecule has 2 heterocycles. The van der Waals surface area contributed by atoms with Crippen LogP contribution in [0.3, 0.4) is 0 Å². The molecule has 0 fully saturated rings. The minimum absolute atomic E-state index is 0.115. The lowest BCUT2D eigenvalue weighted by Gasteiger charge is -2.12. The summed E-state index contributed by atoms with van der Waals surface area (Å²) in [6, 6.07) is 14.1. The van der Waals surface area contributed by atoms with Gasteiger partial charge in [-0.2, -0.15) is 0 Å². The van der Waals surface area contributed by atoms with E-state index in [9.17, 15) is 0 Å². The van der Waals surface area contributed by atoms with Gasteiger partial charge >= 0.3 is 0 Å². The number of nitrogens with one attached hydrogen (secondary N) is 1. The molecule has 0 aliphatic carbocycles. The second kappa shape index (κ2) is 5.93. The molecular weight excluding hydrogens is 264 g/mol. The molecule has 1 unspecified atom stereocenters. The quantitative estimate of drug-likeness (QED) is 0.781. The summed E-state index contributed by atoms with van der Waals surface area (Å²) in [7, 11) is 1.67. The van der Waals surface area contributed by atoms with Gasteiger partial charge in [0.15, 0.2) is 11.5 Å². The molecule has 1 aromatic carbocycles. The minimum atomic E-state index is 0.115. The highest BCUT2D eigenvalue weighted by molar-refractivity contribution is 5.37. The van der Waals surface area contributed by atoms with Crippen molar-refractivity contribution in [1.82, 2.24) is 19.9 Å². The molecular formula is C16H18N4O. The standard InChI is InChI=1S/C16H18N4O/c1-12(16-19-18-15-5-3-4-10-20(15)16)17-11-13-6-8-14(21-2)9-7-13/h3-10,12,17H,11H2,1-2H3. The highest BCUT2D eigenvalue weighted by Gasteiger charge is 2.12. The second-order valence-electron chi connectivity index (χ2n) is 4.94. The van der Waals surface area contributed by atoms with Crippen LogP contribution in [0, 0.1) is 0 Å². The summed E-state index contributed by atoms with van der Waals surface area (Å²) < 4.78 is 7.17. The molecule has 0 aliphatic rings. The zero-order valence-electron chi connectivity index (χ0n) is 12.2. The lowest BCUT2D eigenvalue weighted by atomic mass is 10.2. The topological polar surface area (TPSA) is 51.5 Å². The van der Waals surface area contributed by atoms with Crippen molar-refractivity contribution in [2.45, 2.75) is 19.5 Å². The molecule has 2 aromatic heterocycles. The van der Waals surface area contributed by atoms with Crippen LogP contribution in [0.4, 0.5) is 0 Å². The van der Waals surface area contributed by atoms with Crippen LogP contribution in [-0.4, -0.2) is 21.7 Å². The predicted molar refractivity (Wildman–Crippen MR) is 81.2 cm³/mol. The average molecular weight is 282 g/mol. The van der Waals surface area contributed by atoms with E-state index in [1.165, 1.54) is 5.56 Å². The van der Waals surface area contributed by atoms with Crippen LogP contribution >= 0.6 is 0 Å². The van der Waals surface area contributed by atoms with Crippen molar-refractivity contribution in [3.63, 3.8) is 0 Å². The Labute approximate surface area is 123 Å². The van der Waals surface area contributed by atoms with Gasteiger partial charge < -0.3 is 10.1 Å². The SMILES string of the molecule is COc1ccc(CNC(C)c2nnc3ccccn23)cc1. The smallest absolute Gasteiger partial charge is 0.160 e. The summed E-state index contributed by atoms with van der Waals surface area (Å²) in [5.41, 5.74) is 2.07. The van der Waals surface area contributed by atoms with Crippen LogP contribution < -0.4 is 10.1 Å². The number of fused-ring (bicyclic) bond motifs is 1. The third-order valence-corrected chi connectivity index (χ3v) is 3.50. The van der Waals surface area contributed by atoms with Gasteiger partial charge in [0.25, 0.3) is 0 Å². The molecule has 0 saturated heterocycles. The van der Waals surface area contributed by atoms with Crippen molar-refractivity contribution in [3.8, 4) is 5.75 Å². The van der Waals surface area contributed by atoms with E-state index in [2.05, 4.69) is 34.6 Å². The summed E-state index contributed by atoms with van der Waals surface area (Å²) in [4.78, 5) is 0. The number of nitrogens with zero attached hydrogens (tertiary/aromatic N) is 3. The molecule has 0 saturated carbocycles. The largest absolute Gasteiger partial charge is 0.497 e. The van der Waals surface area contributed by atoms with Crippen LogP contribution in [0.25, 0.3) is 5.65 Å². The molecule has 3 rings (SSSR count). The first-order valence-electron chi connectivity index (χ1n) is 6.94. The molecule has 108 valence electrons. The Morgan fingerprint density at radius 1 is 1.14 bits per heavy atom. The van der Waals surface area contributed by atoms with E-state index in [4.69, 9.17) is 4.74 Å². The van der Waals surface area contributed by atoms with Crippen molar-refractivity contribution in [3.05, 3.63) is 60.0 Å². The van der Waals surface area contributed by atoms with Gasteiger partial charge in [0.05, 0.1) is 13.2 Å². The maximum Gasteiger partial charge on any atom is 0.160 e. The molecule has 5 heteroatoms. The van der Waals surface area contributed by atoms with Gasteiger partial charge in [0.2, 0.25) is 0 Å². The van der Waals surface area contributed by atoms with Crippen molar-refractivity contribution >= 4 is 5.65 Å². The number of aromatic nitrogens is 3. The Morgan fingerprint density at radius 2 is 1.95 bits per heavy atom. The lowest BCUT2D eigenvalue weighted by molar-refractivity contribution is 0.414. The lowest BCUT2D eigenvalue weighted by Crippen LogP contribution is -2.20. The van der Waals surface area contributed by atoms with E-state index in [0.717, 1.165) is 23.8 Å². The van der Waals surface area contributed by atoms with Gasteiger partial charge in [-0.05, 0) is 36.8 Å². The number of ether oxygens (including phenoxy) is 1. The number of hydrogen-bond acceptors (Lipinski definition) is 4. The van der Waals surface area contributed by atoms with Crippen LogP contribution in [0.15, 0.2) is 48.7 Å². The third-order valence-electron chi connectivity index (χ3n) is 3.50. The Bertz CT molecular complexity index is 720. The Morgan fingerprint density at radius 3 is 2.71 bits per heavy atom. The summed E-state index contributed by atoms with van der Waals surface area (Å²) in [6.45, 7) is 2.86. The Kier molecular flexibility index (Phi) is 3.83. The molecule has 3 aromatic rings. The fourth-order valence-electron chi connectivity index (χ4n) is 2.26. The number of benzene rings is 1. The van der Waals surface area contributed by atoms with E-state index < -0.39 is 0 Å². The zero-order valence-corrected chi connectivity index (χ0v) is 12.2. The molecule has 0 amide bonds. The van der Waals surface area contributed by atoms with E-state index in [0.29, 0.717) is 0 Å².